The smallest absolute Gasteiger partial charge is 0.336 e. The van der Waals surface area contributed by atoms with E-state index in [2.05, 4.69) is 18.9 Å². The number of fused-ring (bicyclic) bond motifs is 1. The van der Waals surface area contributed by atoms with Crippen LogP contribution in [0.25, 0.3) is 11.0 Å². The molecule has 0 saturated carbocycles. The van der Waals surface area contributed by atoms with Gasteiger partial charge in [0, 0.05) is 29.8 Å². The number of hydrogen-bond donors (Lipinski definition) is 0. The molecule has 3 aromatic rings. The zero-order chi connectivity index (χ0) is 22.0. The Morgan fingerprint density at radius 2 is 1.93 bits per heavy atom. The molecule has 3 rings (SSSR count). The van der Waals surface area contributed by atoms with Crippen LogP contribution in [0.3, 0.4) is 0 Å². The van der Waals surface area contributed by atoms with E-state index in [1.807, 2.05) is 38.4 Å². The van der Waals surface area contributed by atoms with Crippen molar-refractivity contribution in [2.24, 2.45) is 5.92 Å². The Bertz CT molecular complexity index is 1140. The van der Waals surface area contributed by atoms with Crippen LogP contribution in [0.2, 0.25) is 0 Å². The Hall–Kier alpha value is -2.89. The molecule has 6 nitrogen and oxygen atoms in total. The average Bonchev–Trinajstić information content (AvgIpc) is 2.91. The number of aryl methyl sites for hydroxylation is 3. The zero-order valence-electron chi connectivity index (χ0n) is 18.7. The van der Waals surface area contributed by atoms with Gasteiger partial charge in [-0.25, -0.2) is 4.79 Å². The Morgan fingerprint density at radius 3 is 2.60 bits per heavy atom. The molecule has 0 radical (unpaired) electrons. The molecular weight excluding hydrogens is 380 g/mol. The van der Waals surface area contributed by atoms with Crippen LogP contribution in [-0.2, 0) is 24.2 Å². The molecule has 0 aliphatic heterocycles. The van der Waals surface area contributed by atoms with Crippen molar-refractivity contribution < 1.29 is 13.9 Å². The summed E-state index contributed by atoms with van der Waals surface area (Å²) < 4.78 is 13.0. The van der Waals surface area contributed by atoms with Crippen molar-refractivity contribution in [3.05, 3.63) is 56.7 Å². The number of carbonyl (C=O) groups is 1. The van der Waals surface area contributed by atoms with E-state index in [-0.39, 0.29) is 12.4 Å². The predicted octanol–water partition coefficient (Wildman–Crippen LogP) is 4.67. The number of rotatable bonds is 7. The van der Waals surface area contributed by atoms with Gasteiger partial charge in [0.15, 0.2) is 0 Å². The summed E-state index contributed by atoms with van der Waals surface area (Å²) in [6.07, 6.45) is 1.54. The second-order valence-corrected chi connectivity index (χ2v) is 8.26. The maximum atomic E-state index is 12.6. The molecule has 0 aliphatic rings. The standard InChI is InChI=1S/C24H30N2O4/c1-7-18-11-20-15(4)10-24(28)30-22(20)12-21(18)29-23(27)9-8-19-16(5)25-26(17(19)6)13-14(2)3/h10-12,14H,7-9,13H2,1-6H3. The summed E-state index contributed by atoms with van der Waals surface area (Å²) >= 11 is 0. The summed E-state index contributed by atoms with van der Waals surface area (Å²) in [6.45, 7) is 13.1. The molecule has 0 unspecified atom stereocenters. The summed E-state index contributed by atoms with van der Waals surface area (Å²) in [6, 6.07) is 5.05. The van der Waals surface area contributed by atoms with E-state index >= 15 is 0 Å². The summed E-state index contributed by atoms with van der Waals surface area (Å²) in [5, 5.41) is 5.47. The fourth-order valence-electron chi connectivity index (χ4n) is 3.78. The van der Waals surface area contributed by atoms with Crippen LogP contribution in [0.5, 0.6) is 5.75 Å². The summed E-state index contributed by atoms with van der Waals surface area (Å²) in [5.74, 6) is 0.645. The molecule has 0 saturated heterocycles. The van der Waals surface area contributed by atoms with Crippen LogP contribution in [0.4, 0.5) is 0 Å². The van der Waals surface area contributed by atoms with Gasteiger partial charge in [-0.1, -0.05) is 20.8 Å². The van der Waals surface area contributed by atoms with Crippen molar-refractivity contribution >= 4 is 16.9 Å². The first-order valence-corrected chi connectivity index (χ1v) is 10.5. The van der Waals surface area contributed by atoms with Crippen molar-refractivity contribution in [1.82, 2.24) is 9.78 Å². The number of aromatic nitrogens is 2. The van der Waals surface area contributed by atoms with Gasteiger partial charge in [0.2, 0.25) is 0 Å². The van der Waals surface area contributed by atoms with E-state index in [1.54, 1.807) is 6.07 Å². The predicted molar refractivity (Wildman–Crippen MR) is 117 cm³/mol. The molecule has 30 heavy (non-hydrogen) atoms. The van der Waals surface area contributed by atoms with E-state index in [4.69, 9.17) is 9.15 Å². The highest BCUT2D eigenvalue weighted by molar-refractivity contribution is 5.84. The topological polar surface area (TPSA) is 74.3 Å². The highest BCUT2D eigenvalue weighted by Crippen LogP contribution is 2.28. The third kappa shape index (κ3) is 4.64. The second-order valence-electron chi connectivity index (χ2n) is 8.26. The van der Waals surface area contributed by atoms with Crippen LogP contribution in [-0.4, -0.2) is 15.7 Å². The molecule has 6 heteroatoms. The maximum Gasteiger partial charge on any atom is 0.336 e. The van der Waals surface area contributed by atoms with E-state index in [0.29, 0.717) is 30.1 Å². The van der Waals surface area contributed by atoms with Crippen LogP contribution >= 0.6 is 0 Å². The number of carbonyl (C=O) groups excluding carboxylic acids is 1. The quantitative estimate of drug-likeness (QED) is 0.321. The highest BCUT2D eigenvalue weighted by atomic mass is 16.5. The normalized spacial score (nSPS) is 11.4. The lowest BCUT2D eigenvalue weighted by molar-refractivity contribution is -0.134. The molecule has 1 aromatic carbocycles. The molecule has 160 valence electrons. The fraction of sp³-hybridized carbons (Fsp3) is 0.458. The Labute approximate surface area is 176 Å². The number of nitrogens with zero attached hydrogens (tertiary/aromatic N) is 2. The second kappa shape index (κ2) is 8.86. The summed E-state index contributed by atoms with van der Waals surface area (Å²) in [4.78, 5) is 24.3. The molecule has 0 atom stereocenters. The van der Waals surface area contributed by atoms with Crippen LogP contribution < -0.4 is 10.4 Å². The Balaban J connectivity index is 1.77. The first-order valence-electron chi connectivity index (χ1n) is 10.5. The number of ether oxygens (including phenoxy) is 1. The lowest BCUT2D eigenvalue weighted by Crippen LogP contribution is -2.11. The van der Waals surface area contributed by atoms with E-state index in [9.17, 15) is 9.59 Å². The monoisotopic (exact) mass is 410 g/mol. The van der Waals surface area contributed by atoms with Gasteiger partial charge in [-0.15, -0.1) is 0 Å². The SMILES string of the molecule is CCc1cc2c(C)cc(=O)oc2cc1OC(=O)CCc1c(C)nn(CC(C)C)c1C. The van der Waals surface area contributed by atoms with Gasteiger partial charge in [-0.2, -0.15) is 5.10 Å². The number of benzene rings is 1. The molecule has 0 amide bonds. The molecule has 0 aliphatic carbocycles. The van der Waals surface area contributed by atoms with Gasteiger partial charge in [-0.3, -0.25) is 9.48 Å². The minimum atomic E-state index is -0.411. The molecular formula is C24H30N2O4. The first kappa shape index (κ1) is 21.8. The molecule has 0 N–H and O–H groups in total. The fourth-order valence-corrected chi connectivity index (χ4v) is 3.78. The van der Waals surface area contributed by atoms with Gasteiger partial charge in [-0.05, 0) is 62.3 Å². The molecule has 0 fully saturated rings. The highest BCUT2D eigenvalue weighted by Gasteiger charge is 2.16. The van der Waals surface area contributed by atoms with Gasteiger partial charge in [0.1, 0.15) is 11.3 Å². The van der Waals surface area contributed by atoms with Gasteiger partial charge in [0.25, 0.3) is 0 Å². The van der Waals surface area contributed by atoms with E-state index in [0.717, 1.165) is 40.0 Å². The minimum absolute atomic E-state index is 0.258. The molecule has 0 spiro atoms. The van der Waals surface area contributed by atoms with Gasteiger partial charge < -0.3 is 9.15 Å². The van der Waals surface area contributed by atoms with Crippen molar-refractivity contribution in [3.63, 3.8) is 0 Å². The number of esters is 1. The van der Waals surface area contributed by atoms with Gasteiger partial charge >= 0.3 is 11.6 Å². The average molecular weight is 411 g/mol. The molecule has 0 bridgehead atoms. The maximum absolute atomic E-state index is 12.6. The van der Waals surface area contributed by atoms with Crippen LogP contribution in [0, 0.1) is 26.7 Å². The van der Waals surface area contributed by atoms with Crippen LogP contribution in [0.15, 0.2) is 27.4 Å². The van der Waals surface area contributed by atoms with E-state index < -0.39 is 5.63 Å². The third-order valence-corrected chi connectivity index (χ3v) is 5.39. The van der Waals surface area contributed by atoms with E-state index in [1.165, 1.54) is 6.07 Å². The Morgan fingerprint density at radius 1 is 1.20 bits per heavy atom. The third-order valence-electron chi connectivity index (χ3n) is 5.39. The van der Waals surface area contributed by atoms with Crippen molar-refractivity contribution in [3.8, 4) is 5.75 Å². The summed E-state index contributed by atoms with van der Waals surface area (Å²) in [5.41, 5.74) is 4.93. The van der Waals surface area contributed by atoms with Gasteiger partial charge in [0.05, 0.1) is 12.1 Å². The largest absolute Gasteiger partial charge is 0.426 e. The van der Waals surface area contributed by atoms with Crippen molar-refractivity contribution in [1.29, 1.82) is 0 Å². The summed E-state index contributed by atoms with van der Waals surface area (Å²) in [7, 11) is 0. The first-order chi connectivity index (χ1) is 14.2. The minimum Gasteiger partial charge on any atom is -0.426 e. The zero-order valence-corrected chi connectivity index (χ0v) is 18.7. The van der Waals surface area contributed by atoms with Crippen molar-refractivity contribution in [2.45, 2.75) is 67.3 Å². The molecule has 2 heterocycles. The lowest BCUT2D eigenvalue weighted by atomic mass is 10.0. The van der Waals surface area contributed by atoms with Crippen molar-refractivity contribution in [2.75, 3.05) is 0 Å². The number of hydrogen-bond acceptors (Lipinski definition) is 5. The van der Waals surface area contributed by atoms with Crippen LogP contribution in [0.1, 0.15) is 55.3 Å². The Kier molecular flexibility index (Phi) is 6.44. The lowest BCUT2D eigenvalue weighted by Gasteiger charge is -2.11. The molecule has 2 aromatic heterocycles.